The van der Waals surface area contributed by atoms with Crippen molar-refractivity contribution in [3.8, 4) is 0 Å². The summed E-state index contributed by atoms with van der Waals surface area (Å²) in [7, 11) is 0. The van der Waals surface area contributed by atoms with Crippen molar-refractivity contribution in [3.05, 3.63) is 59.3 Å². The van der Waals surface area contributed by atoms with Gasteiger partial charge in [0.05, 0.1) is 0 Å². The van der Waals surface area contributed by atoms with Crippen molar-refractivity contribution in [1.82, 2.24) is 9.88 Å². The standard InChI is InChI=1S/C21H27N3/c1-16-12-18(20-13-23-21-19(20)8-5-10-22-21)15-24(14-16)11-9-17-6-3-2-4-7-17/h2-4,6-7,12-13,16,22-23H,5,8-11,14-15H2,1H3/t16-/m0/s1. The van der Waals surface area contributed by atoms with E-state index in [0.29, 0.717) is 5.92 Å². The topological polar surface area (TPSA) is 31.1 Å². The molecule has 2 N–H and O–H groups in total. The molecular weight excluding hydrogens is 294 g/mol. The lowest BCUT2D eigenvalue weighted by Gasteiger charge is -2.31. The summed E-state index contributed by atoms with van der Waals surface area (Å²) in [5.74, 6) is 1.86. The second kappa shape index (κ2) is 6.86. The number of aromatic amines is 1. The molecule has 3 heteroatoms. The first-order chi connectivity index (χ1) is 11.8. The molecule has 0 spiro atoms. The molecule has 4 rings (SSSR count). The second-order valence-corrected chi connectivity index (χ2v) is 7.23. The molecule has 2 aromatic rings. The molecule has 2 aliphatic rings. The van der Waals surface area contributed by atoms with E-state index in [1.165, 1.54) is 47.5 Å². The maximum Gasteiger partial charge on any atom is 0.107 e. The summed E-state index contributed by atoms with van der Waals surface area (Å²) < 4.78 is 0. The molecule has 0 fully saturated rings. The van der Waals surface area contributed by atoms with Crippen LogP contribution < -0.4 is 5.32 Å². The van der Waals surface area contributed by atoms with Crippen LogP contribution >= 0.6 is 0 Å². The number of anilines is 1. The average Bonchev–Trinajstić information content (AvgIpc) is 3.05. The Morgan fingerprint density at radius 2 is 2.08 bits per heavy atom. The first kappa shape index (κ1) is 15.5. The molecule has 1 aromatic heterocycles. The SMILES string of the molecule is C[C@H]1C=C(c2c[nH]c3c2CCCN3)CN(CCc2ccccc2)C1. The molecule has 24 heavy (non-hydrogen) atoms. The number of benzene rings is 1. The van der Waals surface area contributed by atoms with Crippen LogP contribution in [0.1, 0.15) is 30.0 Å². The first-order valence-corrected chi connectivity index (χ1v) is 9.21. The molecule has 1 aromatic carbocycles. The zero-order chi connectivity index (χ0) is 16.4. The summed E-state index contributed by atoms with van der Waals surface area (Å²) in [6, 6.07) is 10.8. The highest BCUT2D eigenvalue weighted by Crippen LogP contribution is 2.32. The Morgan fingerprint density at radius 3 is 2.96 bits per heavy atom. The van der Waals surface area contributed by atoms with Crippen molar-refractivity contribution in [2.75, 3.05) is 31.5 Å². The van der Waals surface area contributed by atoms with E-state index >= 15 is 0 Å². The molecule has 126 valence electrons. The van der Waals surface area contributed by atoms with Gasteiger partial charge in [-0.3, -0.25) is 4.90 Å². The Balaban J connectivity index is 1.47. The van der Waals surface area contributed by atoms with Gasteiger partial charge in [0.1, 0.15) is 5.82 Å². The Labute approximate surface area is 144 Å². The minimum Gasteiger partial charge on any atom is -0.371 e. The fraction of sp³-hybridized carbons (Fsp3) is 0.429. The van der Waals surface area contributed by atoms with Crippen molar-refractivity contribution >= 4 is 11.4 Å². The third-order valence-corrected chi connectivity index (χ3v) is 5.22. The number of nitrogens with zero attached hydrogens (tertiary/aromatic N) is 1. The lowest BCUT2D eigenvalue weighted by atomic mass is 9.93. The summed E-state index contributed by atoms with van der Waals surface area (Å²) in [4.78, 5) is 6.05. The molecule has 0 bridgehead atoms. The molecule has 2 aliphatic heterocycles. The normalized spacial score (nSPS) is 21.0. The summed E-state index contributed by atoms with van der Waals surface area (Å²) in [5, 5.41) is 3.49. The van der Waals surface area contributed by atoms with Gasteiger partial charge in [0.2, 0.25) is 0 Å². The lowest BCUT2D eigenvalue weighted by molar-refractivity contribution is 0.275. The Bertz CT molecular complexity index is 714. The number of hydrogen-bond acceptors (Lipinski definition) is 2. The summed E-state index contributed by atoms with van der Waals surface area (Å²) in [6.45, 7) is 6.80. The van der Waals surface area contributed by atoms with E-state index in [9.17, 15) is 0 Å². The van der Waals surface area contributed by atoms with Gasteiger partial charge in [-0.05, 0) is 36.3 Å². The fourth-order valence-electron chi connectivity index (χ4n) is 4.07. The van der Waals surface area contributed by atoms with E-state index in [1.807, 2.05) is 0 Å². The van der Waals surface area contributed by atoms with Crippen molar-refractivity contribution < 1.29 is 0 Å². The largest absolute Gasteiger partial charge is 0.371 e. The van der Waals surface area contributed by atoms with Crippen LogP contribution in [0.2, 0.25) is 0 Å². The Kier molecular flexibility index (Phi) is 4.44. The van der Waals surface area contributed by atoms with E-state index < -0.39 is 0 Å². The molecule has 0 aliphatic carbocycles. The van der Waals surface area contributed by atoms with Crippen LogP contribution in [-0.2, 0) is 12.8 Å². The zero-order valence-electron chi connectivity index (χ0n) is 14.5. The third-order valence-electron chi connectivity index (χ3n) is 5.22. The van der Waals surface area contributed by atoms with Crippen molar-refractivity contribution in [3.63, 3.8) is 0 Å². The highest BCUT2D eigenvalue weighted by atomic mass is 15.1. The Morgan fingerprint density at radius 1 is 1.21 bits per heavy atom. The number of nitrogens with one attached hydrogen (secondary N) is 2. The number of hydrogen-bond donors (Lipinski definition) is 2. The van der Waals surface area contributed by atoms with Crippen molar-refractivity contribution in [2.45, 2.75) is 26.2 Å². The third kappa shape index (κ3) is 3.27. The van der Waals surface area contributed by atoms with Gasteiger partial charge >= 0.3 is 0 Å². The van der Waals surface area contributed by atoms with E-state index in [4.69, 9.17) is 0 Å². The van der Waals surface area contributed by atoms with Gasteiger partial charge in [0.25, 0.3) is 0 Å². The van der Waals surface area contributed by atoms with Crippen LogP contribution in [0.4, 0.5) is 5.82 Å². The van der Waals surface area contributed by atoms with E-state index in [-0.39, 0.29) is 0 Å². The molecule has 0 saturated carbocycles. The van der Waals surface area contributed by atoms with Gasteiger partial charge in [-0.2, -0.15) is 0 Å². The molecule has 3 heterocycles. The second-order valence-electron chi connectivity index (χ2n) is 7.23. The molecule has 3 nitrogen and oxygen atoms in total. The molecule has 0 saturated heterocycles. The maximum atomic E-state index is 3.49. The van der Waals surface area contributed by atoms with Crippen LogP contribution in [0, 0.1) is 5.92 Å². The van der Waals surface area contributed by atoms with Crippen LogP contribution in [0.15, 0.2) is 42.6 Å². The van der Waals surface area contributed by atoms with Crippen LogP contribution in [0.5, 0.6) is 0 Å². The monoisotopic (exact) mass is 321 g/mol. The predicted octanol–water partition coefficient (Wildman–Crippen LogP) is 3.95. The number of aromatic nitrogens is 1. The minimum atomic E-state index is 0.617. The van der Waals surface area contributed by atoms with Crippen molar-refractivity contribution in [1.29, 1.82) is 0 Å². The number of fused-ring (bicyclic) bond motifs is 1. The highest BCUT2D eigenvalue weighted by molar-refractivity contribution is 5.74. The Hall–Kier alpha value is -2.00. The molecule has 1 atom stereocenters. The van der Waals surface area contributed by atoms with E-state index in [2.05, 4.69) is 64.7 Å². The van der Waals surface area contributed by atoms with Gasteiger partial charge in [-0.1, -0.05) is 43.3 Å². The van der Waals surface area contributed by atoms with Gasteiger partial charge in [0.15, 0.2) is 0 Å². The maximum absolute atomic E-state index is 3.49. The van der Waals surface area contributed by atoms with E-state index in [1.54, 1.807) is 0 Å². The number of rotatable bonds is 4. The van der Waals surface area contributed by atoms with Crippen molar-refractivity contribution in [2.24, 2.45) is 5.92 Å². The smallest absolute Gasteiger partial charge is 0.107 e. The predicted molar refractivity (Wildman–Crippen MR) is 101 cm³/mol. The minimum absolute atomic E-state index is 0.617. The van der Waals surface area contributed by atoms with Gasteiger partial charge in [0, 0.05) is 43.5 Å². The van der Waals surface area contributed by atoms with Crippen LogP contribution in [0.3, 0.4) is 0 Å². The molecular formula is C21H27N3. The average molecular weight is 321 g/mol. The van der Waals surface area contributed by atoms with E-state index in [0.717, 1.165) is 26.1 Å². The molecule has 0 radical (unpaired) electrons. The zero-order valence-corrected chi connectivity index (χ0v) is 14.5. The van der Waals surface area contributed by atoms with Gasteiger partial charge in [-0.15, -0.1) is 0 Å². The van der Waals surface area contributed by atoms with Gasteiger partial charge in [-0.25, -0.2) is 0 Å². The molecule has 0 amide bonds. The lowest BCUT2D eigenvalue weighted by Crippen LogP contribution is -2.35. The summed E-state index contributed by atoms with van der Waals surface area (Å²) >= 11 is 0. The quantitative estimate of drug-likeness (QED) is 0.893. The van der Waals surface area contributed by atoms with Crippen LogP contribution in [-0.4, -0.2) is 36.1 Å². The molecule has 0 unspecified atom stereocenters. The fourth-order valence-corrected chi connectivity index (χ4v) is 4.07. The van der Waals surface area contributed by atoms with Gasteiger partial charge < -0.3 is 10.3 Å². The summed E-state index contributed by atoms with van der Waals surface area (Å²) in [6.07, 6.45) is 8.25. The first-order valence-electron chi connectivity index (χ1n) is 9.21. The highest BCUT2D eigenvalue weighted by Gasteiger charge is 2.23. The van der Waals surface area contributed by atoms with Crippen LogP contribution in [0.25, 0.3) is 5.57 Å². The summed E-state index contributed by atoms with van der Waals surface area (Å²) in [5.41, 5.74) is 5.87. The number of H-pyrrole nitrogens is 1.